The van der Waals surface area contributed by atoms with Crippen LogP contribution in [0.15, 0.2) is 65.8 Å². The molecule has 2 heterocycles. The third-order valence-corrected chi connectivity index (χ3v) is 5.20. The number of benzene rings is 2. The topological polar surface area (TPSA) is 99.2 Å². The van der Waals surface area contributed by atoms with Gasteiger partial charge in [0.1, 0.15) is 18.2 Å². The molecule has 0 amide bonds. The fraction of sp³-hybridized carbons (Fsp3) is 0.200. The van der Waals surface area contributed by atoms with Crippen molar-refractivity contribution in [3.05, 3.63) is 98.7 Å². The van der Waals surface area contributed by atoms with Crippen LogP contribution in [0, 0.1) is 0 Å². The van der Waals surface area contributed by atoms with Gasteiger partial charge in [-0.15, -0.1) is 0 Å². The zero-order chi connectivity index (χ0) is 24.6. The number of aromatic amines is 1. The number of rotatable bonds is 10. The van der Waals surface area contributed by atoms with Crippen molar-refractivity contribution in [3.8, 4) is 23.5 Å². The molecule has 2 aromatic heterocycles. The quantitative estimate of drug-likeness (QED) is 0.340. The van der Waals surface area contributed by atoms with Gasteiger partial charge < -0.3 is 14.2 Å². The summed E-state index contributed by atoms with van der Waals surface area (Å²) in [5.41, 5.74) is 2.41. The van der Waals surface area contributed by atoms with Crippen molar-refractivity contribution in [2.45, 2.75) is 19.5 Å². The number of methoxy groups -OCH3 is 1. The number of H-pyrrole nitrogens is 1. The maximum absolute atomic E-state index is 12.9. The molecule has 8 nitrogen and oxygen atoms in total. The molecule has 0 aliphatic rings. The molecule has 2 aromatic carbocycles. The Hall–Kier alpha value is -3.98. The van der Waals surface area contributed by atoms with Gasteiger partial charge in [0.25, 0.3) is 11.6 Å². The lowest BCUT2D eigenvalue weighted by Gasteiger charge is -2.09. The number of halogens is 2. The highest BCUT2D eigenvalue weighted by atomic mass is 35.5. The van der Waals surface area contributed by atoms with E-state index in [4.69, 9.17) is 25.8 Å². The van der Waals surface area contributed by atoms with Gasteiger partial charge in [0.15, 0.2) is 0 Å². The molecule has 0 unspecified atom stereocenters. The zero-order valence-corrected chi connectivity index (χ0v) is 19.6. The predicted octanol–water partition coefficient (Wildman–Crippen LogP) is 4.70. The van der Waals surface area contributed by atoms with Crippen LogP contribution in [0.5, 0.6) is 23.5 Å². The fourth-order valence-electron chi connectivity index (χ4n) is 3.25. The lowest BCUT2D eigenvalue weighted by atomic mass is 10.1. The summed E-state index contributed by atoms with van der Waals surface area (Å²) in [5, 5.41) is 0.415. The van der Waals surface area contributed by atoms with Crippen LogP contribution >= 0.6 is 11.6 Å². The van der Waals surface area contributed by atoms with Crippen molar-refractivity contribution in [2.24, 2.45) is 0 Å². The maximum Gasteiger partial charge on any atom is 0.316 e. The van der Waals surface area contributed by atoms with Gasteiger partial charge in [-0.3, -0.25) is 9.78 Å². The maximum atomic E-state index is 12.9. The third kappa shape index (κ3) is 6.77. The Balaban J connectivity index is 1.29. The molecule has 0 radical (unpaired) electrons. The molecule has 0 saturated heterocycles. The first kappa shape index (κ1) is 24.2. The van der Waals surface area contributed by atoms with E-state index in [0.29, 0.717) is 47.1 Å². The van der Waals surface area contributed by atoms with Crippen molar-refractivity contribution >= 4 is 11.6 Å². The van der Waals surface area contributed by atoms with Crippen LogP contribution in [-0.4, -0.2) is 33.7 Å². The Morgan fingerprint density at radius 3 is 2.40 bits per heavy atom. The van der Waals surface area contributed by atoms with E-state index in [9.17, 15) is 9.18 Å². The number of nitrogens with one attached hydrogen (secondary N) is 1. The Morgan fingerprint density at radius 2 is 1.71 bits per heavy atom. The molecule has 4 aromatic rings. The minimum absolute atomic E-state index is 0.148. The van der Waals surface area contributed by atoms with E-state index in [-0.39, 0.29) is 17.6 Å². The first-order chi connectivity index (χ1) is 17.0. The van der Waals surface area contributed by atoms with Gasteiger partial charge in [-0.25, -0.2) is 19.3 Å². The van der Waals surface area contributed by atoms with Crippen LogP contribution in [0.25, 0.3) is 0 Å². The highest BCUT2D eigenvalue weighted by Crippen LogP contribution is 2.27. The average molecular weight is 497 g/mol. The number of alkyl halides is 1. The number of nitrogens with zero attached hydrogens (tertiary/aromatic N) is 3. The summed E-state index contributed by atoms with van der Waals surface area (Å²) in [6.45, 7) is -0.292. The normalized spacial score (nSPS) is 10.7. The van der Waals surface area contributed by atoms with Gasteiger partial charge in [0, 0.05) is 42.0 Å². The van der Waals surface area contributed by atoms with Crippen molar-refractivity contribution in [1.29, 1.82) is 0 Å². The predicted molar refractivity (Wildman–Crippen MR) is 128 cm³/mol. The van der Waals surface area contributed by atoms with Crippen molar-refractivity contribution in [2.75, 3.05) is 13.7 Å². The highest BCUT2D eigenvalue weighted by Gasteiger charge is 2.07. The van der Waals surface area contributed by atoms with E-state index < -0.39 is 6.67 Å². The van der Waals surface area contributed by atoms with E-state index in [1.165, 1.54) is 13.3 Å². The van der Waals surface area contributed by atoms with Gasteiger partial charge in [-0.1, -0.05) is 23.7 Å². The van der Waals surface area contributed by atoms with E-state index in [1.807, 2.05) is 24.3 Å². The molecular weight excluding hydrogens is 475 g/mol. The molecule has 0 atom stereocenters. The van der Waals surface area contributed by atoms with Crippen LogP contribution in [0.4, 0.5) is 4.39 Å². The molecule has 0 aliphatic carbocycles. The van der Waals surface area contributed by atoms with E-state index in [2.05, 4.69) is 19.9 Å². The van der Waals surface area contributed by atoms with Gasteiger partial charge in [0.05, 0.1) is 13.7 Å². The SMILES string of the molecule is COc1ncc(Cc2cnc(OCCc3ccc(Oc4cc(Cl)cc(CF)c4)cc3)[nH]c2=O)cn1. The standard InChI is InChI=1S/C25H22ClFN4O4/c1-33-24-28-13-18(14-29-24)8-19-15-30-25(31-23(19)32)34-7-6-16-2-4-21(5-3-16)35-22-10-17(12-27)9-20(26)11-22/h2-5,9-11,13-15H,6-8,12H2,1H3,(H,30,31,32). The van der Waals surface area contributed by atoms with Gasteiger partial charge in [-0.2, -0.15) is 0 Å². The number of hydrogen-bond donors (Lipinski definition) is 1. The smallest absolute Gasteiger partial charge is 0.316 e. The Kier molecular flexibility index (Phi) is 7.89. The minimum Gasteiger partial charge on any atom is -0.467 e. The van der Waals surface area contributed by atoms with Crippen LogP contribution in [0.2, 0.25) is 5.02 Å². The first-order valence-corrected chi connectivity index (χ1v) is 11.1. The van der Waals surface area contributed by atoms with Crippen molar-refractivity contribution in [1.82, 2.24) is 19.9 Å². The molecule has 0 aliphatic heterocycles. The Morgan fingerprint density at radius 1 is 0.943 bits per heavy atom. The van der Waals surface area contributed by atoms with Crippen LogP contribution in [-0.2, 0) is 19.5 Å². The number of hydrogen-bond acceptors (Lipinski definition) is 7. The summed E-state index contributed by atoms with van der Waals surface area (Å²) < 4.78 is 29.2. The van der Waals surface area contributed by atoms with Gasteiger partial charge in [0.2, 0.25) is 0 Å². The number of ether oxygens (including phenoxy) is 3. The Labute approximate surface area is 205 Å². The van der Waals surface area contributed by atoms with Crippen LogP contribution in [0.1, 0.15) is 22.3 Å². The Bertz CT molecular complexity index is 1330. The van der Waals surface area contributed by atoms with Gasteiger partial charge in [-0.05, 0) is 47.0 Å². The van der Waals surface area contributed by atoms with Crippen molar-refractivity contribution in [3.63, 3.8) is 0 Å². The largest absolute Gasteiger partial charge is 0.467 e. The molecule has 0 spiro atoms. The van der Waals surface area contributed by atoms with Crippen LogP contribution in [0.3, 0.4) is 0 Å². The summed E-state index contributed by atoms with van der Waals surface area (Å²) in [4.78, 5) is 27.2. The molecule has 4 rings (SSSR count). The highest BCUT2D eigenvalue weighted by molar-refractivity contribution is 6.30. The zero-order valence-electron chi connectivity index (χ0n) is 18.8. The monoisotopic (exact) mass is 496 g/mol. The second-order valence-corrected chi connectivity index (χ2v) is 8.01. The minimum atomic E-state index is -0.615. The lowest BCUT2D eigenvalue weighted by molar-refractivity contribution is 0.295. The van der Waals surface area contributed by atoms with Crippen molar-refractivity contribution < 1.29 is 18.6 Å². The molecule has 10 heteroatoms. The number of aromatic nitrogens is 4. The molecule has 0 fully saturated rings. The molecule has 35 heavy (non-hydrogen) atoms. The summed E-state index contributed by atoms with van der Waals surface area (Å²) in [6.07, 6.45) is 5.61. The molecular formula is C25H22ClFN4O4. The van der Waals surface area contributed by atoms with E-state index in [1.54, 1.807) is 30.6 Å². The molecule has 1 N–H and O–H groups in total. The van der Waals surface area contributed by atoms with Crippen LogP contribution < -0.4 is 19.8 Å². The lowest BCUT2D eigenvalue weighted by Crippen LogP contribution is -2.16. The van der Waals surface area contributed by atoms with E-state index in [0.717, 1.165) is 11.1 Å². The third-order valence-electron chi connectivity index (χ3n) is 4.98. The van der Waals surface area contributed by atoms with Gasteiger partial charge >= 0.3 is 6.01 Å². The first-order valence-electron chi connectivity index (χ1n) is 10.7. The molecule has 0 bridgehead atoms. The fourth-order valence-corrected chi connectivity index (χ4v) is 3.49. The molecule has 180 valence electrons. The summed E-state index contributed by atoms with van der Waals surface area (Å²) >= 11 is 6.00. The average Bonchev–Trinajstić information content (AvgIpc) is 2.87. The van der Waals surface area contributed by atoms with E-state index >= 15 is 0 Å². The summed E-state index contributed by atoms with van der Waals surface area (Å²) in [6, 6.07) is 12.6. The summed E-state index contributed by atoms with van der Waals surface area (Å²) in [7, 11) is 1.49. The summed E-state index contributed by atoms with van der Waals surface area (Å²) in [5.74, 6) is 1.07. The second-order valence-electron chi connectivity index (χ2n) is 7.57. The molecule has 0 saturated carbocycles. The second kappa shape index (κ2) is 11.4.